The summed E-state index contributed by atoms with van der Waals surface area (Å²) in [4.78, 5) is 40.5. The SMILES string of the molecule is O=C(NCC(=O)N1CCC2(CC1)CCN(C(=O)CS(=O)(=O)/C=C/c1ccccc1)C2)c1ccco1. The normalized spacial score (nSPS) is 17.7. The first-order valence-electron chi connectivity index (χ1n) is 11.6. The molecule has 4 rings (SSSR count). The van der Waals surface area contributed by atoms with Crippen LogP contribution in [0.4, 0.5) is 0 Å². The van der Waals surface area contributed by atoms with Crippen LogP contribution in [0.25, 0.3) is 6.08 Å². The minimum Gasteiger partial charge on any atom is -0.459 e. The van der Waals surface area contributed by atoms with E-state index in [1.165, 1.54) is 18.4 Å². The highest BCUT2D eigenvalue weighted by atomic mass is 32.2. The number of piperidine rings is 1. The third-order valence-electron chi connectivity index (χ3n) is 6.71. The number of carbonyl (C=O) groups is 3. The minimum absolute atomic E-state index is 0.104. The molecule has 2 aliphatic heterocycles. The Labute approximate surface area is 204 Å². The molecule has 1 N–H and O–H groups in total. The summed E-state index contributed by atoms with van der Waals surface area (Å²) in [6.45, 7) is 1.99. The lowest BCUT2D eigenvalue weighted by Gasteiger charge is -2.39. The van der Waals surface area contributed by atoms with Gasteiger partial charge in [-0.3, -0.25) is 14.4 Å². The second-order valence-electron chi connectivity index (χ2n) is 9.13. The van der Waals surface area contributed by atoms with E-state index in [0.717, 1.165) is 30.2 Å². The Morgan fingerprint density at radius 3 is 2.29 bits per heavy atom. The molecule has 1 aromatic carbocycles. The zero-order chi connectivity index (χ0) is 24.9. The topological polar surface area (TPSA) is 117 Å². The van der Waals surface area contributed by atoms with Gasteiger partial charge in [0.25, 0.3) is 5.91 Å². The monoisotopic (exact) mass is 499 g/mol. The highest BCUT2D eigenvalue weighted by molar-refractivity contribution is 7.95. The molecule has 2 fully saturated rings. The molecule has 0 radical (unpaired) electrons. The van der Waals surface area contributed by atoms with Gasteiger partial charge in [-0.1, -0.05) is 30.3 Å². The van der Waals surface area contributed by atoms with E-state index in [4.69, 9.17) is 4.42 Å². The summed E-state index contributed by atoms with van der Waals surface area (Å²) in [6, 6.07) is 12.2. The second-order valence-corrected chi connectivity index (χ2v) is 11.0. The van der Waals surface area contributed by atoms with Gasteiger partial charge in [0, 0.05) is 31.6 Å². The Morgan fingerprint density at radius 2 is 1.63 bits per heavy atom. The van der Waals surface area contributed by atoms with Gasteiger partial charge in [0.05, 0.1) is 12.8 Å². The molecule has 0 aliphatic carbocycles. The van der Waals surface area contributed by atoms with Crippen molar-refractivity contribution in [1.82, 2.24) is 15.1 Å². The molecule has 0 atom stereocenters. The van der Waals surface area contributed by atoms with Gasteiger partial charge >= 0.3 is 0 Å². The first kappa shape index (κ1) is 24.7. The Morgan fingerprint density at radius 1 is 0.943 bits per heavy atom. The number of hydrogen-bond acceptors (Lipinski definition) is 6. The number of likely N-dealkylation sites (tertiary alicyclic amines) is 2. The first-order chi connectivity index (χ1) is 16.8. The fourth-order valence-electron chi connectivity index (χ4n) is 4.61. The van der Waals surface area contributed by atoms with Crippen molar-refractivity contribution in [3.05, 3.63) is 65.5 Å². The number of rotatable bonds is 7. The summed E-state index contributed by atoms with van der Waals surface area (Å²) in [6.07, 6.45) is 5.14. The van der Waals surface area contributed by atoms with Crippen LogP contribution in [-0.2, 0) is 19.4 Å². The zero-order valence-corrected chi connectivity index (χ0v) is 20.2. The summed E-state index contributed by atoms with van der Waals surface area (Å²) < 4.78 is 29.9. The molecule has 10 heteroatoms. The summed E-state index contributed by atoms with van der Waals surface area (Å²) in [5.74, 6) is -1.38. The van der Waals surface area contributed by atoms with Gasteiger partial charge in [-0.15, -0.1) is 0 Å². The molecule has 0 unspecified atom stereocenters. The van der Waals surface area contributed by atoms with Crippen molar-refractivity contribution in [3.63, 3.8) is 0 Å². The molecule has 2 aromatic rings. The lowest BCUT2D eigenvalue weighted by atomic mass is 9.78. The van der Waals surface area contributed by atoms with E-state index < -0.39 is 27.4 Å². The maximum absolute atomic E-state index is 12.7. The van der Waals surface area contributed by atoms with Crippen molar-refractivity contribution in [1.29, 1.82) is 0 Å². The van der Waals surface area contributed by atoms with Crippen LogP contribution >= 0.6 is 0 Å². The van der Waals surface area contributed by atoms with Crippen LogP contribution in [-0.4, -0.2) is 74.4 Å². The third-order valence-corrected chi connectivity index (χ3v) is 7.91. The standard InChI is InChI=1S/C25H29N3O6S/c29-22(17-26-24(31)21-7-4-15-34-21)27-12-9-25(10-13-27)11-14-28(19-25)23(30)18-35(32,33)16-8-20-5-2-1-3-6-20/h1-8,15-16H,9-14,17-19H2,(H,26,31)/b16-8+. The molecule has 0 bridgehead atoms. The zero-order valence-electron chi connectivity index (χ0n) is 19.4. The van der Waals surface area contributed by atoms with Gasteiger partial charge in [0.15, 0.2) is 15.6 Å². The molecule has 1 aromatic heterocycles. The average molecular weight is 500 g/mol. The largest absolute Gasteiger partial charge is 0.459 e. The fraction of sp³-hybridized carbons (Fsp3) is 0.400. The average Bonchev–Trinajstić information content (AvgIpc) is 3.53. The van der Waals surface area contributed by atoms with Crippen molar-refractivity contribution in [2.24, 2.45) is 5.41 Å². The molecule has 2 saturated heterocycles. The predicted octanol–water partition coefficient (Wildman–Crippen LogP) is 1.94. The molecular formula is C25H29N3O6S. The Bertz CT molecular complexity index is 1180. The summed E-state index contributed by atoms with van der Waals surface area (Å²) in [5.41, 5.74) is 0.651. The van der Waals surface area contributed by atoms with Crippen LogP contribution in [0.1, 0.15) is 35.4 Å². The molecule has 1 spiro atoms. The number of nitrogens with zero attached hydrogens (tertiary/aromatic N) is 2. The molecule has 3 heterocycles. The number of furan rings is 1. The lowest BCUT2D eigenvalue weighted by Crippen LogP contribution is -2.48. The van der Waals surface area contributed by atoms with Crippen molar-refractivity contribution in [3.8, 4) is 0 Å². The number of carbonyl (C=O) groups excluding carboxylic acids is 3. The van der Waals surface area contributed by atoms with E-state index in [2.05, 4.69) is 5.32 Å². The maximum atomic E-state index is 12.7. The first-order valence-corrected chi connectivity index (χ1v) is 13.3. The lowest BCUT2D eigenvalue weighted by molar-refractivity contribution is -0.133. The van der Waals surface area contributed by atoms with Crippen LogP contribution in [0.2, 0.25) is 0 Å². The molecule has 186 valence electrons. The highest BCUT2D eigenvalue weighted by Crippen LogP contribution is 2.40. The van der Waals surface area contributed by atoms with E-state index in [0.29, 0.717) is 26.2 Å². The minimum atomic E-state index is -3.67. The number of hydrogen-bond donors (Lipinski definition) is 1. The van der Waals surface area contributed by atoms with Crippen LogP contribution in [0.3, 0.4) is 0 Å². The smallest absolute Gasteiger partial charge is 0.287 e. The molecule has 2 aliphatic rings. The van der Waals surface area contributed by atoms with E-state index in [1.807, 2.05) is 18.2 Å². The van der Waals surface area contributed by atoms with Crippen molar-refractivity contribution in [2.45, 2.75) is 19.3 Å². The molecule has 3 amide bonds. The van der Waals surface area contributed by atoms with E-state index >= 15 is 0 Å². The van der Waals surface area contributed by atoms with Gasteiger partial charge in [0.1, 0.15) is 5.75 Å². The number of benzene rings is 1. The summed E-state index contributed by atoms with van der Waals surface area (Å²) >= 11 is 0. The maximum Gasteiger partial charge on any atom is 0.287 e. The predicted molar refractivity (Wildman–Crippen MR) is 130 cm³/mol. The molecule has 9 nitrogen and oxygen atoms in total. The van der Waals surface area contributed by atoms with Crippen LogP contribution in [0, 0.1) is 5.41 Å². The van der Waals surface area contributed by atoms with E-state index in [-0.39, 0.29) is 23.6 Å². The third kappa shape index (κ3) is 6.39. The van der Waals surface area contributed by atoms with Crippen molar-refractivity contribution < 1.29 is 27.2 Å². The summed E-state index contributed by atoms with van der Waals surface area (Å²) in [5, 5.41) is 3.67. The van der Waals surface area contributed by atoms with Gasteiger partial charge in [-0.25, -0.2) is 8.42 Å². The van der Waals surface area contributed by atoms with E-state index in [1.54, 1.807) is 28.0 Å². The van der Waals surface area contributed by atoms with Gasteiger partial charge in [-0.05, 0) is 48.4 Å². The van der Waals surface area contributed by atoms with E-state index in [9.17, 15) is 22.8 Å². The quantitative estimate of drug-likeness (QED) is 0.622. The summed E-state index contributed by atoms with van der Waals surface area (Å²) in [7, 11) is -3.67. The molecule has 0 saturated carbocycles. The van der Waals surface area contributed by atoms with Crippen molar-refractivity contribution >= 4 is 33.6 Å². The van der Waals surface area contributed by atoms with Crippen LogP contribution in [0.15, 0.2) is 58.6 Å². The van der Waals surface area contributed by atoms with Gasteiger partial charge in [-0.2, -0.15) is 0 Å². The van der Waals surface area contributed by atoms with Gasteiger partial charge in [0.2, 0.25) is 11.8 Å². The Kier molecular flexibility index (Phi) is 7.39. The van der Waals surface area contributed by atoms with Gasteiger partial charge < -0.3 is 19.5 Å². The molecular weight excluding hydrogens is 470 g/mol. The fourth-order valence-corrected chi connectivity index (χ4v) is 5.59. The van der Waals surface area contributed by atoms with Crippen LogP contribution in [0.5, 0.6) is 0 Å². The number of amides is 3. The highest BCUT2D eigenvalue weighted by Gasteiger charge is 2.43. The number of nitrogens with one attached hydrogen (secondary N) is 1. The van der Waals surface area contributed by atoms with Crippen molar-refractivity contribution in [2.75, 3.05) is 38.5 Å². The number of sulfone groups is 1. The Hall–Kier alpha value is -3.40. The Balaban J connectivity index is 1.24. The van der Waals surface area contributed by atoms with Crippen LogP contribution < -0.4 is 5.32 Å². The second kappa shape index (κ2) is 10.5. The molecule has 35 heavy (non-hydrogen) atoms.